The van der Waals surface area contributed by atoms with Gasteiger partial charge in [-0.25, -0.2) is 0 Å². The summed E-state index contributed by atoms with van der Waals surface area (Å²) in [6.07, 6.45) is 9.19. The first-order valence-electron chi connectivity index (χ1n) is 9.60. The summed E-state index contributed by atoms with van der Waals surface area (Å²) in [6, 6.07) is 1.31. The number of carbonyl (C=O) groups excluding carboxylic acids is 1. The van der Waals surface area contributed by atoms with Gasteiger partial charge in [0.1, 0.15) is 6.10 Å². The Balaban J connectivity index is 1.52. The number of nitrogens with zero attached hydrogens (tertiary/aromatic N) is 1. The zero-order valence-electron chi connectivity index (χ0n) is 14.5. The van der Waals surface area contributed by atoms with Crippen LogP contribution in [0.2, 0.25) is 0 Å². The number of carbonyl (C=O) groups is 1. The fraction of sp³-hybridized carbons (Fsp3) is 0.947. The molecule has 0 aromatic rings. The summed E-state index contributed by atoms with van der Waals surface area (Å²) in [5, 5.41) is 9.98. The molecule has 0 aromatic carbocycles. The van der Waals surface area contributed by atoms with Crippen molar-refractivity contribution in [3.63, 3.8) is 0 Å². The third kappa shape index (κ3) is 2.53. The van der Waals surface area contributed by atoms with Gasteiger partial charge in [0.15, 0.2) is 0 Å². The molecule has 23 heavy (non-hydrogen) atoms. The standard InChI is InChI=1S/C19H31NO3/c1-12(21)23-18-6-5-16-15-4-3-13-11-14(22)8-10-20(13)17(15)7-9-19(16,18)2/h13-18,22H,3-11H2,1-2H3/t13-,14?,15+,16?,17+,18+,19+/m1/s1. The minimum absolute atomic E-state index is 0.0820. The maximum absolute atomic E-state index is 11.5. The molecule has 4 fully saturated rings. The van der Waals surface area contributed by atoms with Crippen LogP contribution in [0.15, 0.2) is 0 Å². The molecule has 4 aliphatic rings. The van der Waals surface area contributed by atoms with Crippen molar-refractivity contribution < 1.29 is 14.6 Å². The van der Waals surface area contributed by atoms with E-state index < -0.39 is 0 Å². The van der Waals surface area contributed by atoms with Crippen LogP contribution in [0, 0.1) is 17.3 Å². The number of ether oxygens (including phenoxy) is 1. The van der Waals surface area contributed by atoms with E-state index in [0.717, 1.165) is 31.7 Å². The second kappa shape index (κ2) is 5.73. The Hall–Kier alpha value is -0.610. The maximum Gasteiger partial charge on any atom is 0.302 e. The van der Waals surface area contributed by atoms with Crippen molar-refractivity contribution in [2.45, 2.75) is 89.5 Å². The fourth-order valence-corrected chi connectivity index (χ4v) is 6.57. The van der Waals surface area contributed by atoms with Gasteiger partial charge in [0, 0.05) is 31.0 Å². The molecule has 2 saturated carbocycles. The molecular formula is C19H31NO3. The molecule has 0 bridgehead atoms. The SMILES string of the molecule is CC(=O)O[C@H]1CCC2[C@@H]3CC[C@@H]4CC(O)CCN4[C@H]3CC[C@@]21C. The molecule has 4 rings (SSSR count). The van der Waals surface area contributed by atoms with Crippen LogP contribution in [0.1, 0.15) is 65.2 Å². The van der Waals surface area contributed by atoms with E-state index in [0.29, 0.717) is 18.0 Å². The van der Waals surface area contributed by atoms with Gasteiger partial charge >= 0.3 is 5.97 Å². The van der Waals surface area contributed by atoms with Crippen LogP contribution in [-0.4, -0.2) is 46.8 Å². The van der Waals surface area contributed by atoms with Crippen LogP contribution in [0.25, 0.3) is 0 Å². The Labute approximate surface area is 139 Å². The predicted octanol–water partition coefficient (Wildman–Crippen LogP) is 2.73. The Kier molecular flexibility index (Phi) is 3.96. The maximum atomic E-state index is 11.5. The Bertz CT molecular complexity index is 481. The zero-order valence-corrected chi connectivity index (χ0v) is 14.5. The first-order chi connectivity index (χ1) is 11.0. The van der Waals surface area contributed by atoms with Crippen molar-refractivity contribution in [1.29, 1.82) is 0 Å². The van der Waals surface area contributed by atoms with Crippen molar-refractivity contribution in [2.75, 3.05) is 6.54 Å². The molecule has 2 unspecified atom stereocenters. The molecule has 4 nitrogen and oxygen atoms in total. The average Bonchev–Trinajstić information content (AvgIpc) is 2.83. The molecule has 2 aliphatic carbocycles. The van der Waals surface area contributed by atoms with Gasteiger partial charge in [0.05, 0.1) is 6.10 Å². The number of rotatable bonds is 1. The molecule has 2 heterocycles. The van der Waals surface area contributed by atoms with E-state index in [2.05, 4.69) is 11.8 Å². The summed E-state index contributed by atoms with van der Waals surface area (Å²) < 4.78 is 5.70. The second-order valence-electron chi connectivity index (χ2n) is 8.70. The molecular weight excluding hydrogens is 290 g/mol. The van der Waals surface area contributed by atoms with Crippen LogP contribution in [0.4, 0.5) is 0 Å². The number of aliphatic hydroxyl groups excluding tert-OH is 1. The van der Waals surface area contributed by atoms with E-state index in [9.17, 15) is 9.90 Å². The van der Waals surface area contributed by atoms with E-state index in [1.165, 1.54) is 32.1 Å². The molecule has 2 saturated heterocycles. The first kappa shape index (κ1) is 15.9. The van der Waals surface area contributed by atoms with Crippen molar-refractivity contribution in [2.24, 2.45) is 17.3 Å². The van der Waals surface area contributed by atoms with Crippen LogP contribution < -0.4 is 0 Å². The lowest BCUT2D eigenvalue weighted by atomic mass is 9.58. The van der Waals surface area contributed by atoms with Crippen molar-refractivity contribution in [1.82, 2.24) is 4.90 Å². The number of hydrogen-bond donors (Lipinski definition) is 1. The average molecular weight is 321 g/mol. The highest BCUT2D eigenvalue weighted by Crippen LogP contribution is 2.59. The monoisotopic (exact) mass is 321 g/mol. The van der Waals surface area contributed by atoms with E-state index >= 15 is 0 Å². The third-order valence-electron chi connectivity index (χ3n) is 7.61. The van der Waals surface area contributed by atoms with E-state index in [1.54, 1.807) is 6.92 Å². The molecule has 0 amide bonds. The fourth-order valence-electron chi connectivity index (χ4n) is 6.57. The van der Waals surface area contributed by atoms with Crippen LogP contribution in [0.3, 0.4) is 0 Å². The van der Waals surface area contributed by atoms with Crippen LogP contribution in [-0.2, 0) is 9.53 Å². The summed E-state index contributed by atoms with van der Waals surface area (Å²) in [5.41, 5.74) is 0.189. The predicted molar refractivity (Wildman–Crippen MR) is 87.9 cm³/mol. The van der Waals surface area contributed by atoms with Crippen LogP contribution in [0.5, 0.6) is 0 Å². The minimum atomic E-state index is -0.118. The molecule has 1 N–H and O–H groups in total. The molecule has 0 radical (unpaired) electrons. The lowest BCUT2D eigenvalue weighted by Crippen LogP contribution is -2.60. The van der Waals surface area contributed by atoms with Crippen molar-refractivity contribution >= 4 is 5.97 Å². The quantitative estimate of drug-likeness (QED) is 0.755. The highest BCUT2D eigenvalue weighted by atomic mass is 16.5. The summed E-state index contributed by atoms with van der Waals surface area (Å²) in [6.45, 7) is 5.00. The number of piperidine rings is 2. The topological polar surface area (TPSA) is 49.8 Å². The van der Waals surface area contributed by atoms with Gasteiger partial charge in [-0.15, -0.1) is 0 Å². The van der Waals surface area contributed by atoms with E-state index in [1.807, 2.05) is 0 Å². The largest absolute Gasteiger partial charge is 0.462 e. The first-order valence-corrected chi connectivity index (χ1v) is 9.60. The van der Waals surface area contributed by atoms with Gasteiger partial charge in [-0.1, -0.05) is 6.92 Å². The summed E-state index contributed by atoms with van der Waals surface area (Å²) in [5.74, 6) is 1.35. The summed E-state index contributed by atoms with van der Waals surface area (Å²) in [4.78, 5) is 14.2. The van der Waals surface area contributed by atoms with Gasteiger partial charge < -0.3 is 9.84 Å². The van der Waals surface area contributed by atoms with Crippen LogP contribution >= 0.6 is 0 Å². The van der Waals surface area contributed by atoms with E-state index in [4.69, 9.17) is 4.74 Å². The lowest BCUT2D eigenvalue weighted by molar-refractivity contribution is -0.158. The molecule has 2 aliphatic heterocycles. The molecule has 7 atom stereocenters. The number of aliphatic hydroxyl groups is 1. The molecule has 0 spiro atoms. The zero-order chi connectivity index (χ0) is 16.2. The normalized spacial score (nSPS) is 49.9. The summed E-state index contributed by atoms with van der Waals surface area (Å²) >= 11 is 0. The Morgan fingerprint density at radius 2 is 2.00 bits per heavy atom. The molecule has 130 valence electrons. The van der Waals surface area contributed by atoms with Crippen molar-refractivity contribution in [3.05, 3.63) is 0 Å². The second-order valence-corrected chi connectivity index (χ2v) is 8.70. The number of fused-ring (bicyclic) bond motifs is 5. The lowest BCUT2D eigenvalue weighted by Gasteiger charge is -2.57. The Morgan fingerprint density at radius 3 is 2.78 bits per heavy atom. The smallest absolute Gasteiger partial charge is 0.302 e. The highest BCUT2D eigenvalue weighted by molar-refractivity contribution is 5.66. The number of hydrogen-bond acceptors (Lipinski definition) is 4. The molecule has 0 aromatic heterocycles. The highest BCUT2D eigenvalue weighted by Gasteiger charge is 2.57. The summed E-state index contributed by atoms with van der Waals surface area (Å²) in [7, 11) is 0. The Morgan fingerprint density at radius 1 is 1.17 bits per heavy atom. The van der Waals surface area contributed by atoms with Gasteiger partial charge in [-0.2, -0.15) is 0 Å². The number of esters is 1. The van der Waals surface area contributed by atoms with Gasteiger partial charge in [0.2, 0.25) is 0 Å². The van der Waals surface area contributed by atoms with Crippen molar-refractivity contribution in [3.8, 4) is 0 Å². The van der Waals surface area contributed by atoms with Gasteiger partial charge in [0.25, 0.3) is 0 Å². The van der Waals surface area contributed by atoms with E-state index in [-0.39, 0.29) is 23.6 Å². The van der Waals surface area contributed by atoms with Gasteiger partial charge in [-0.3, -0.25) is 9.69 Å². The third-order valence-corrected chi connectivity index (χ3v) is 7.61. The molecule has 4 heteroatoms. The minimum Gasteiger partial charge on any atom is -0.462 e. The van der Waals surface area contributed by atoms with Gasteiger partial charge in [-0.05, 0) is 63.2 Å².